The number of halogens is 1. The average Bonchev–Trinajstić information content (AvgIpc) is 2.75. The summed E-state index contributed by atoms with van der Waals surface area (Å²) in [5, 5.41) is 2.76. The number of ether oxygens (including phenoxy) is 1. The van der Waals surface area contributed by atoms with Gasteiger partial charge in [0, 0.05) is 11.4 Å². The fourth-order valence-electron chi connectivity index (χ4n) is 1.62. The Kier molecular flexibility index (Phi) is 3.86. The van der Waals surface area contributed by atoms with Crippen molar-refractivity contribution >= 4 is 39.3 Å². The van der Waals surface area contributed by atoms with Crippen molar-refractivity contribution in [2.45, 2.75) is 11.8 Å². The fourth-order valence-corrected chi connectivity index (χ4v) is 1.74. The molecule has 1 fully saturated rings. The summed E-state index contributed by atoms with van der Waals surface area (Å²) in [5.74, 6) is -0.129. The molecule has 1 aromatic rings. The summed E-state index contributed by atoms with van der Waals surface area (Å²) in [6.07, 6.45) is -0.354. The standard InChI is InChI=1S/C12H13BrN2O3/c1-8(13)11(16)14-9-3-2-4-10(7-9)15-5-6-18-12(15)17/h2-4,7-8H,5-6H2,1H3,(H,14,16). The number of amides is 2. The normalized spacial score (nSPS) is 16.3. The van der Waals surface area contributed by atoms with Gasteiger partial charge in [-0.1, -0.05) is 22.0 Å². The number of alkyl halides is 1. The van der Waals surface area contributed by atoms with Gasteiger partial charge in [-0.25, -0.2) is 4.79 Å². The first-order valence-corrected chi connectivity index (χ1v) is 6.49. The van der Waals surface area contributed by atoms with E-state index in [9.17, 15) is 9.59 Å². The summed E-state index contributed by atoms with van der Waals surface area (Å²) >= 11 is 3.20. The minimum absolute atomic E-state index is 0.129. The highest BCUT2D eigenvalue weighted by Gasteiger charge is 2.23. The molecule has 6 heteroatoms. The third kappa shape index (κ3) is 2.81. The first-order chi connectivity index (χ1) is 8.58. The zero-order valence-corrected chi connectivity index (χ0v) is 11.4. The molecule has 96 valence electrons. The van der Waals surface area contributed by atoms with E-state index in [2.05, 4.69) is 21.2 Å². The maximum Gasteiger partial charge on any atom is 0.414 e. The number of hydrogen-bond acceptors (Lipinski definition) is 3. The van der Waals surface area contributed by atoms with Gasteiger partial charge in [0.2, 0.25) is 5.91 Å². The third-order valence-corrected chi connectivity index (χ3v) is 2.96. The summed E-state index contributed by atoms with van der Waals surface area (Å²) < 4.78 is 4.87. The molecule has 1 aromatic carbocycles. The Bertz CT molecular complexity index is 476. The third-order valence-electron chi connectivity index (χ3n) is 2.55. The quantitative estimate of drug-likeness (QED) is 0.872. The van der Waals surface area contributed by atoms with E-state index in [0.29, 0.717) is 18.8 Å². The van der Waals surface area contributed by atoms with E-state index >= 15 is 0 Å². The highest BCUT2D eigenvalue weighted by Crippen LogP contribution is 2.22. The molecule has 1 saturated heterocycles. The number of anilines is 2. The highest BCUT2D eigenvalue weighted by atomic mass is 79.9. The van der Waals surface area contributed by atoms with Gasteiger partial charge < -0.3 is 10.1 Å². The summed E-state index contributed by atoms with van der Waals surface area (Å²) in [6, 6.07) is 7.12. The Morgan fingerprint density at radius 2 is 2.33 bits per heavy atom. The summed E-state index contributed by atoms with van der Waals surface area (Å²) in [7, 11) is 0. The lowest BCUT2D eigenvalue weighted by atomic mass is 10.2. The molecule has 1 N–H and O–H groups in total. The molecule has 0 aromatic heterocycles. The van der Waals surface area contributed by atoms with E-state index in [1.54, 1.807) is 31.2 Å². The Morgan fingerprint density at radius 1 is 1.56 bits per heavy atom. The summed E-state index contributed by atoms with van der Waals surface area (Å²) in [4.78, 5) is 24.2. The minimum atomic E-state index is -0.354. The van der Waals surface area contributed by atoms with Gasteiger partial charge in [-0.2, -0.15) is 0 Å². The smallest absolute Gasteiger partial charge is 0.414 e. The van der Waals surface area contributed by atoms with E-state index in [0.717, 1.165) is 5.69 Å². The lowest BCUT2D eigenvalue weighted by Crippen LogP contribution is -2.24. The first kappa shape index (κ1) is 12.9. The van der Waals surface area contributed by atoms with E-state index in [4.69, 9.17) is 4.74 Å². The SMILES string of the molecule is CC(Br)C(=O)Nc1cccc(N2CCOC2=O)c1. The van der Waals surface area contributed by atoms with Gasteiger partial charge in [-0.15, -0.1) is 0 Å². The molecule has 1 heterocycles. The number of hydrogen-bond donors (Lipinski definition) is 1. The molecule has 2 rings (SSSR count). The van der Waals surface area contributed by atoms with Crippen LogP contribution in [0.15, 0.2) is 24.3 Å². The van der Waals surface area contributed by atoms with Gasteiger partial charge in [-0.05, 0) is 25.1 Å². The molecular weight excluding hydrogens is 300 g/mol. The predicted molar refractivity (Wildman–Crippen MR) is 72.2 cm³/mol. The summed E-state index contributed by atoms with van der Waals surface area (Å²) in [6.45, 7) is 2.68. The number of cyclic esters (lactones) is 1. The molecule has 0 radical (unpaired) electrons. The van der Waals surface area contributed by atoms with Crippen LogP contribution in [0.2, 0.25) is 0 Å². The minimum Gasteiger partial charge on any atom is -0.447 e. The van der Waals surface area contributed by atoms with Gasteiger partial charge in [0.25, 0.3) is 0 Å². The topological polar surface area (TPSA) is 58.6 Å². The molecular formula is C12H13BrN2O3. The van der Waals surface area contributed by atoms with Gasteiger partial charge in [0.15, 0.2) is 0 Å². The van der Waals surface area contributed by atoms with Crippen LogP contribution in [0.4, 0.5) is 16.2 Å². The van der Waals surface area contributed by atoms with Crippen LogP contribution in [0.1, 0.15) is 6.92 Å². The maximum absolute atomic E-state index is 11.5. The van der Waals surface area contributed by atoms with Crippen LogP contribution < -0.4 is 10.2 Å². The zero-order chi connectivity index (χ0) is 13.1. The van der Waals surface area contributed by atoms with Gasteiger partial charge in [0.1, 0.15) is 6.61 Å². The van der Waals surface area contributed by atoms with E-state index in [1.165, 1.54) is 4.90 Å². The van der Waals surface area contributed by atoms with Crippen molar-refractivity contribution in [2.24, 2.45) is 0 Å². The number of benzene rings is 1. The molecule has 2 amide bonds. The van der Waals surface area contributed by atoms with Crippen molar-refractivity contribution in [3.63, 3.8) is 0 Å². The van der Waals surface area contributed by atoms with Crippen LogP contribution in [-0.2, 0) is 9.53 Å². The number of nitrogens with one attached hydrogen (secondary N) is 1. The molecule has 1 unspecified atom stereocenters. The van der Waals surface area contributed by atoms with Crippen LogP contribution in [0.25, 0.3) is 0 Å². The Labute approximate surface area is 113 Å². The Balaban J connectivity index is 2.15. The second kappa shape index (κ2) is 5.39. The molecule has 0 bridgehead atoms. The number of carbonyl (C=O) groups is 2. The number of nitrogens with zero attached hydrogens (tertiary/aromatic N) is 1. The molecule has 1 aliphatic rings. The van der Waals surface area contributed by atoms with Crippen molar-refractivity contribution in [1.29, 1.82) is 0 Å². The maximum atomic E-state index is 11.5. The average molecular weight is 313 g/mol. The summed E-state index contributed by atoms with van der Waals surface area (Å²) in [5.41, 5.74) is 1.38. The molecule has 1 aliphatic heterocycles. The Hall–Kier alpha value is -1.56. The van der Waals surface area contributed by atoms with Crippen molar-refractivity contribution in [1.82, 2.24) is 0 Å². The van der Waals surface area contributed by atoms with Crippen LogP contribution in [0, 0.1) is 0 Å². The predicted octanol–water partition coefficient (Wildman–Crippen LogP) is 2.37. The van der Waals surface area contributed by atoms with Gasteiger partial charge >= 0.3 is 6.09 Å². The Morgan fingerprint density at radius 3 is 2.94 bits per heavy atom. The molecule has 1 atom stereocenters. The molecule has 18 heavy (non-hydrogen) atoms. The van der Waals surface area contributed by atoms with Gasteiger partial charge in [-0.3, -0.25) is 9.69 Å². The van der Waals surface area contributed by atoms with Crippen molar-refractivity contribution in [2.75, 3.05) is 23.4 Å². The fraction of sp³-hybridized carbons (Fsp3) is 0.333. The monoisotopic (exact) mass is 312 g/mol. The van der Waals surface area contributed by atoms with Crippen LogP contribution >= 0.6 is 15.9 Å². The van der Waals surface area contributed by atoms with Crippen LogP contribution in [0.3, 0.4) is 0 Å². The largest absolute Gasteiger partial charge is 0.447 e. The highest BCUT2D eigenvalue weighted by molar-refractivity contribution is 9.10. The van der Waals surface area contributed by atoms with Crippen molar-refractivity contribution in [3.8, 4) is 0 Å². The molecule has 0 saturated carbocycles. The molecule has 0 spiro atoms. The first-order valence-electron chi connectivity index (χ1n) is 5.57. The molecule has 0 aliphatic carbocycles. The van der Waals surface area contributed by atoms with E-state index in [1.807, 2.05) is 0 Å². The lowest BCUT2D eigenvalue weighted by molar-refractivity contribution is -0.115. The number of rotatable bonds is 3. The number of carbonyl (C=O) groups excluding carboxylic acids is 2. The zero-order valence-electron chi connectivity index (χ0n) is 9.85. The van der Waals surface area contributed by atoms with Crippen LogP contribution in [-0.4, -0.2) is 30.0 Å². The second-order valence-electron chi connectivity index (χ2n) is 3.92. The van der Waals surface area contributed by atoms with Crippen molar-refractivity contribution < 1.29 is 14.3 Å². The lowest BCUT2D eigenvalue weighted by Gasteiger charge is -2.14. The molecule has 5 nitrogen and oxygen atoms in total. The van der Waals surface area contributed by atoms with Crippen LogP contribution in [0.5, 0.6) is 0 Å². The van der Waals surface area contributed by atoms with E-state index in [-0.39, 0.29) is 16.8 Å². The van der Waals surface area contributed by atoms with Gasteiger partial charge in [0.05, 0.1) is 11.4 Å². The van der Waals surface area contributed by atoms with E-state index < -0.39 is 0 Å². The second-order valence-corrected chi connectivity index (χ2v) is 5.30. The van der Waals surface area contributed by atoms with Crippen molar-refractivity contribution in [3.05, 3.63) is 24.3 Å².